The number of alkyl halides is 7. The molecule has 1 aliphatic heterocycles. The minimum atomic E-state index is -4.94. The molecule has 280 valence electrons. The van der Waals surface area contributed by atoms with Crippen molar-refractivity contribution < 1.29 is 59.3 Å². The number of esters is 1. The minimum Gasteiger partial charge on any atom is -0.413 e. The Balaban J connectivity index is 1.44. The van der Waals surface area contributed by atoms with Crippen LogP contribution in [-0.2, 0) is 28.2 Å². The number of nitrogens with zero attached hydrogens (tertiary/aromatic N) is 5. The van der Waals surface area contributed by atoms with Crippen LogP contribution in [0.2, 0.25) is 0 Å². The Morgan fingerprint density at radius 2 is 1.40 bits per heavy atom. The highest BCUT2D eigenvalue weighted by molar-refractivity contribution is 5.68. The zero-order valence-corrected chi connectivity index (χ0v) is 28.2. The summed E-state index contributed by atoms with van der Waals surface area (Å²) in [6, 6.07) is 16.7. The van der Waals surface area contributed by atoms with Crippen molar-refractivity contribution in [2.45, 2.75) is 70.8 Å². The van der Waals surface area contributed by atoms with Crippen molar-refractivity contribution in [1.29, 1.82) is 0 Å². The third-order valence-electron chi connectivity index (χ3n) is 9.30. The standard InChI is InChI=1S/C35H37F7N5O5/c1-3-31(48)50-23(2)47(22-24-4-6-25(7-5-24)32-43-45-46(44-32)19-18-36)20-16-28(17-21-47)33(49,26-8-12-29(13-9-26)51-34(37,38)39)27-10-14-30(15-11-27)52-35(40,41)42/h4-15,23,28,49H,3,16-22H2,1-2H3/q+1. The Morgan fingerprint density at radius 3 is 1.87 bits per heavy atom. The van der Waals surface area contributed by atoms with Crippen molar-refractivity contribution in [1.82, 2.24) is 20.2 Å². The number of benzene rings is 3. The summed E-state index contributed by atoms with van der Waals surface area (Å²) >= 11 is 0. The molecule has 0 saturated carbocycles. The molecule has 2 heterocycles. The average Bonchev–Trinajstić information content (AvgIpc) is 3.56. The molecular formula is C35H37F7N5O5+. The van der Waals surface area contributed by atoms with Crippen LogP contribution in [-0.4, -0.2) is 74.5 Å². The number of hydrogen-bond donors (Lipinski definition) is 1. The number of quaternary nitrogens is 1. The van der Waals surface area contributed by atoms with E-state index in [9.17, 15) is 40.6 Å². The molecule has 0 bridgehead atoms. The first-order valence-electron chi connectivity index (χ1n) is 16.5. The molecule has 0 radical (unpaired) electrons. The molecule has 0 spiro atoms. The van der Waals surface area contributed by atoms with E-state index in [-0.39, 0.29) is 28.6 Å². The van der Waals surface area contributed by atoms with Crippen LogP contribution in [0.1, 0.15) is 49.8 Å². The van der Waals surface area contributed by atoms with Gasteiger partial charge in [-0.15, -0.1) is 36.5 Å². The van der Waals surface area contributed by atoms with E-state index in [1.54, 1.807) is 26.0 Å². The van der Waals surface area contributed by atoms with Gasteiger partial charge in [0.25, 0.3) is 0 Å². The van der Waals surface area contributed by atoms with Gasteiger partial charge in [-0.1, -0.05) is 55.5 Å². The second-order valence-corrected chi connectivity index (χ2v) is 12.5. The normalized spacial score (nSPS) is 18.8. The Morgan fingerprint density at radius 1 is 0.885 bits per heavy atom. The van der Waals surface area contributed by atoms with Crippen LogP contribution in [0.15, 0.2) is 72.8 Å². The first-order valence-corrected chi connectivity index (χ1v) is 16.5. The first-order chi connectivity index (χ1) is 24.5. The number of aryl methyl sites for hydroxylation is 1. The molecule has 1 saturated heterocycles. The van der Waals surface area contributed by atoms with E-state index in [2.05, 4.69) is 24.9 Å². The van der Waals surface area contributed by atoms with E-state index in [1.165, 1.54) is 24.3 Å². The van der Waals surface area contributed by atoms with E-state index in [0.717, 1.165) is 34.6 Å². The number of halogens is 7. The smallest absolute Gasteiger partial charge is 0.413 e. The maximum atomic E-state index is 12.9. The van der Waals surface area contributed by atoms with Crippen molar-refractivity contribution in [2.75, 3.05) is 19.8 Å². The van der Waals surface area contributed by atoms with E-state index in [4.69, 9.17) is 4.74 Å². The lowest BCUT2D eigenvalue weighted by molar-refractivity contribution is -0.984. The van der Waals surface area contributed by atoms with E-state index < -0.39 is 54.6 Å². The second-order valence-electron chi connectivity index (χ2n) is 12.5. The lowest BCUT2D eigenvalue weighted by Crippen LogP contribution is -2.60. The molecule has 10 nitrogen and oxygen atoms in total. The number of aliphatic hydroxyl groups is 1. The van der Waals surface area contributed by atoms with Gasteiger partial charge in [0.15, 0.2) is 0 Å². The summed E-state index contributed by atoms with van der Waals surface area (Å²) in [5.74, 6) is -1.67. The van der Waals surface area contributed by atoms with Crippen LogP contribution in [0.25, 0.3) is 11.4 Å². The van der Waals surface area contributed by atoms with Gasteiger partial charge < -0.3 is 19.3 Å². The summed E-state index contributed by atoms with van der Waals surface area (Å²) in [4.78, 5) is 13.6. The molecular weight excluding hydrogens is 703 g/mol. The van der Waals surface area contributed by atoms with Gasteiger partial charge in [0.05, 0.1) is 19.6 Å². The molecule has 1 unspecified atom stereocenters. The lowest BCUT2D eigenvalue weighted by Gasteiger charge is -2.49. The van der Waals surface area contributed by atoms with Crippen LogP contribution >= 0.6 is 0 Å². The molecule has 1 atom stereocenters. The second kappa shape index (κ2) is 15.5. The largest absolute Gasteiger partial charge is 0.573 e. The number of ether oxygens (including phenoxy) is 3. The summed E-state index contributed by atoms with van der Waals surface area (Å²) in [5.41, 5.74) is 0.0898. The molecule has 5 rings (SSSR count). The predicted octanol–water partition coefficient (Wildman–Crippen LogP) is 7.07. The van der Waals surface area contributed by atoms with Crippen molar-refractivity contribution in [3.63, 3.8) is 0 Å². The SMILES string of the molecule is CCC(=O)OC(C)[N+]1(Cc2ccc(-c3nnn(CCF)n3)cc2)CCC(C(O)(c2ccc(OC(F)(F)F)cc2)c2ccc(OC(F)(F)F)cc2)CC1. The van der Waals surface area contributed by atoms with Gasteiger partial charge in [-0.3, -0.25) is 9.28 Å². The van der Waals surface area contributed by atoms with Crippen LogP contribution in [0.4, 0.5) is 30.7 Å². The summed E-state index contributed by atoms with van der Waals surface area (Å²) in [7, 11) is 0. The highest BCUT2D eigenvalue weighted by Crippen LogP contribution is 2.45. The molecule has 3 aromatic carbocycles. The lowest BCUT2D eigenvalue weighted by atomic mass is 9.71. The Labute approximate surface area is 294 Å². The Kier molecular flexibility index (Phi) is 11.4. The number of carbonyl (C=O) groups excluding carboxylic acids is 1. The van der Waals surface area contributed by atoms with Gasteiger partial charge in [-0.2, -0.15) is 4.80 Å². The van der Waals surface area contributed by atoms with E-state index in [0.29, 0.717) is 43.9 Å². The molecule has 0 amide bonds. The van der Waals surface area contributed by atoms with Crippen molar-refractivity contribution in [3.05, 3.63) is 89.5 Å². The van der Waals surface area contributed by atoms with Gasteiger partial charge in [-0.05, 0) is 40.6 Å². The average molecular weight is 741 g/mol. The van der Waals surface area contributed by atoms with Crippen molar-refractivity contribution in [3.8, 4) is 22.9 Å². The molecule has 1 aromatic heterocycles. The molecule has 1 fully saturated rings. The van der Waals surface area contributed by atoms with Crippen molar-refractivity contribution >= 4 is 5.97 Å². The number of piperidine rings is 1. The summed E-state index contributed by atoms with van der Waals surface area (Å²) in [6.07, 6.45) is -9.69. The minimum absolute atomic E-state index is 0.0227. The molecule has 4 aromatic rings. The maximum Gasteiger partial charge on any atom is 0.573 e. The monoisotopic (exact) mass is 740 g/mol. The van der Waals surface area contributed by atoms with Crippen LogP contribution < -0.4 is 9.47 Å². The number of likely N-dealkylation sites (tertiary alicyclic amines) is 1. The highest BCUT2D eigenvalue weighted by Gasteiger charge is 2.48. The molecule has 1 N–H and O–H groups in total. The third-order valence-corrected chi connectivity index (χ3v) is 9.30. The van der Waals surface area contributed by atoms with Crippen LogP contribution in [0.5, 0.6) is 11.5 Å². The first kappa shape index (κ1) is 38.5. The van der Waals surface area contributed by atoms with Crippen LogP contribution in [0, 0.1) is 5.92 Å². The summed E-state index contributed by atoms with van der Waals surface area (Å²) in [5, 5.41) is 24.5. The van der Waals surface area contributed by atoms with Gasteiger partial charge in [0, 0.05) is 43.2 Å². The molecule has 52 heavy (non-hydrogen) atoms. The fourth-order valence-corrected chi connectivity index (χ4v) is 6.65. The Bertz CT molecular complexity index is 1710. The van der Waals surface area contributed by atoms with Crippen molar-refractivity contribution in [2.24, 2.45) is 5.92 Å². The number of hydrogen-bond acceptors (Lipinski definition) is 8. The van der Waals surface area contributed by atoms with Gasteiger partial charge in [0.2, 0.25) is 12.1 Å². The van der Waals surface area contributed by atoms with Gasteiger partial charge in [0.1, 0.15) is 30.3 Å². The zero-order chi connectivity index (χ0) is 37.7. The topological polar surface area (TPSA) is 109 Å². The zero-order valence-electron chi connectivity index (χ0n) is 28.2. The summed E-state index contributed by atoms with van der Waals surface area (Å²) < 4.78 is 104. The summed E-state index contributed by atoms with van der Waals surface area (Å²) in [6.45, 7) is 4.00. The van der Waals surface area contributed by atoms with E-state index >= 15 is 0 Å². The highest BCUT2D eigenvalue weighted by atomic mass is 19.4. The third kappa shape index (κ3) is 9.17. The van der Waals surface area contributed by atoms with Crippen LogP contribution in [0.3, 0.4) is 0 Å². The van der Waals surface area contributed by atoms with Gasteiger partial charge in [-0.25, -0.2) is 4.39 Å². The predicted molar refractivity (Wildman–Crippen MR) is 171 cm³/mol. The maximum absolute atomic E-state index is 12.9. The number of rotatable bonds is 13. The Hall–Kier alpha value is -4.77. The van der Waals surface area contributed by atoms with E-state index in [1.807, 2.05) is 12.1 Å². The fourth-order valence-electron chi connectivity index (χ4n) is 6.65. The number of tetrazole rings is 1. The van der Waals surface area contributed by atoms with Gasteiger partial charge >= 0.3 is 18.7 Å². The molecule has 17 heteroatoms. The molecule has 1 aliphatic rings. The fraction of sp³-hybridized carbons (Fsp3) is 0.429. The number of aromatic nitrogens is 4. The molecule has 0 aliphatic carbocycles. The number of carbonyl (C=O) groups is 1. The quantitative estimate of drug-likeness (QED) is 0.0882.